The summed E-state index contributed by atoms with van der Waals surface area (Å²) in [6.45, 7) is 7.38. The van der Waals surface area contributed by atoms with E-state index in [0.717, 1.165) is 35.2 Å². The zero-order chi connectivity index (χ0) is 23.5. The number of nitrogens with one attached hydrogen (secondary N) is 1. The number of amides is 1. The van der Waals surface area contributed by atoms with Crippen LogP contribution < -0.4 is 15.7 Å². The van der Waals surface area contributed by atoms with E-state index in [0.29, 0.717) is 28.8 Å². The lowest BCUT2D eigenvalue weighted by atomic mass is 10.1. The van der Waals surface area contributed by atoms with Gasteiger partial charge in [0.25, 0.3) is 11.9 Å². The molecule has 0 bridgehead atoms. The molecule has 0 aliphatic rings. The largest absolute Gasteiger partial charge is 0.484 e. The molecular formula is C24H25N5O4. The fourth-order valence-corrected chi connectivity index (χ4v) is 3.65. The molecule has 3 aromatic heterocycles. The van der Waals surface area contributed by atoms with Crippen LogP contribution in [0.2, 0.25) is 0 Å². The van der Waals surface area contributed by atoms with Crippen molar-refractivity contribution < 1.29 is 13.9 Å². The highest BCUT2D eigenvalue weighted by Gasteiger charge is 2.14. The molecule has 0 unspecified atom stereocenters. The molecule has 0 aliphatic carbocycles. The van der Waals surface area contributed by atoms with Crippen molar-refractivity contribution in [1.29, 1.82) is 0 Å². The van der Waals surface area contributed by atoms with E-state index in [2.05, 4.69) is 27.3 Å². The average molecular weight is 447 g/mol. The van der Waals surface area contributed by atoms with Crippen LogP contribution in [0.25, 0.3) is 16.9 Å². The number of aryl methyl sites for hydroxylation is 4. The molecule has 0 atom stereocenters. The molecule has 0 saturated heterocycles. The van der Waals surface area contributed by atoms with E-state index in [1.165, 1.54) is 10.7 Å². The molecule has 0 radical (unpaired) electrons. The molecule has 1 N–H and O–H groups in total. The standard InChI is InChI=1S/C24H25N5O4/c1-5-6-17-11-23(31)33-20-12-18(7-8-19(17)20)32-13-22(30)27-21-10-16(4)28-29(21)24-25-14(2)9-15(3)26-24/h7-12H,5-6,13H2,1-4H3,(H,27,30). The normalized spacial score (nSPS) is 11.0. The lowest BCUT2D eigenvalue weighted by Gasteiger charge is -2.10. The summed E-state index contributed by atoms with van der Waals surface area (Å²) >= 11 is 0. The number of hydrogen-bond acceptors (Lipinski definition) is 7. The second-order valence-corrected chi connectivity index (χ2v) is 7.87. The second-order valence-electron chi connectivity index (χ2n) is 7.87. The summed E-state index contributed by atoms with van der Waals surface area (Å²) in [5.74, 6) is 0.877. The van der Waals surface area contributed by atoms with Gasteiger partial charge >= 0.3 is 5.63 Å². The van der Waals surface area contributed by atoms with Gasteiger partial charge in [-0.25, -0.2) is 14.8 Å². The highest BCUT2D eigenvalue weighted by molar-refractivity contribution is 5.91. The molecule has 0 fully saturated rings. The Kier molecular flexibility index (Phi) is 6.21. The number of fused-ring (bicyclic) bond motifs is 1. The van der Waals surface area contributed by atoms with Crippen molar-refractivity contribution in [3.8, 4) is 11.7 Å². The van der Waals surface area contributed by atoms with Crippen molar-refractivity contribution in [3.05, 3.63) is 69.5 Å². The number of nitrogens with zero attached hydrogens (tertiary/aromatic N) is 4. The van der Waals surface area contributed by atoms with Crippen LogP contribution in [0, 0.1) is 20.8 Å². The van der Waals surface area contributed by atoms with Crippen LogP contribution in [0.15, 0.2) is 45.6 Å². The fourth-order valence-electron chi connectivity index (χ4n) is 3.65. The van der Waals surface area contributed by atoms with E-state index in [-0.39, 0.29) is 12.5 Å². The number of aromatic nitrogens is 4. The van der Waals surface area contributed by atoms with Crippen LogP contribution in [-0.4, -0.2) is 32.3 Å². The quantitative estimate of drug-likeness (QED) is 0.430. The SMILES string of the molecule is CCCc1cc(=O)oc2cc(OCC(=O)Nc3cc(C)nn3-c3nc(C)cc(C)n3)ccc12. The predicted molar refractivity (Wildman–Crippen MR) is 124 cm³/mol. The van der Waals surface area contributed by atoms with Crippen molar-refractivity contribution in [1.82, 2.24) is 19.7 Å². The Labute approximate surface area is 190 Å². The van der Waals surface area contributed by atoms with E-state index in [9.17, 15) is 9.59 Å². The van der Waals surface area contributed by atoms with Crippen molar-refractivity contribution in [3.63, 3.8) is 0 Å². The zero-order valence-corrected chi connectivity index (χ0v) is 19.0. The first kappa shape index (κ1) is 22.2. The lowest BCUT2D eigenvalue weighted by Crippen LogP contribution is -2.22. The third-order valence-corrected chi connectivity index (χ3v) is 4.95. The summed E-state index contributed by atoms with van der Waals surface area (Å²) in [5, 5.41) is 8.05. The molecule has 0 saturated carbocycles. The Bertz CT molecular complexity index is 1370. The highest BCUT2D eigenvalue weighted by atomic mass is 16.5. The number of hydrogen-bond donors (Lipinski definition) is 1. The van der Waals surface area contributed by atoms with Gasteiger partial charge in [0.2, 0.25) is 0 Å². The van der Waals surface area contributed by atoms with Gasteiger partial charge in [0.15, 0.2) is 6.61 Å². The first-order valence-electron chi connectivity index (χ1n) is 10.7. The second kappa shape index (κ2) is 9.23. The Morgan fingerprint density at radius 2 is 1.82 bits per heavy atom. The molecule has 4 rings (SSSR count). The van der Waals surface area contributed by atoms with E-state index in [1.54, 1.807) is 18.2 Å². The van der Waals surface area contributed by atoms with Crippen molar-refractivity contribution >= 4 is 22.7 Å². The average Bonchev–Trinajstić information content (AvgIpc) is 3.11. The van der Waals surface area contributed by atoms with Crippen LogP contribution >= 0.6 is 0 Å². The van der Waals surface area contributed by atoms with E-state index >= 15 is 0 Å². The molecule has 33 heavy (non-hydrogen) atoms. The number of carbonyl (C=O) groups is 1. The van der Waals surface area contributed by atoms with Crippen molar-refractivity contribution in [2.75, 3.05) is 11.9 Å². The van der Waals surface area contributed by atoms with Gasteiger partial charge in [-0.15, -0.1) is 0 Å². The van der Waals surface area contributed by atoms with Gasteiger partial charge in [-0.05, 0) is 51.0 Å². The van der Waals surface area contributed by atoms with E-state index in [4.69, 9.17) is 9.15 Å². The number of rotatable bonds is 7. The summed E-state index contributed by atoms with van der Waals surface area (Å²) in [7, 11) is 0. The number of anilines is 1. The molecule has 9 nitrogen and oxygen atoms in total. The molecule has 0 spiro atoms. The minimum absolute atomic E-state index is 0.234. The maximum Gasteiger partial charge on any atom is 0.336 e. The molecule has 4 aromatic rings. The number of carbonyl (C=O) groups excluding carboxylic acids is 1. The first-order chi connectivity index (χ1) is 15.8. The Balaban J connectivity index is 1.49. The van der Waals surface area contributed by atoms with Crippen LogP contribution in [-0.2, 0) is 11.2 Å². The molecule has 1 amide bonds. The Hall–Kier alpha value is -4.01. The van der Waals surface area contributed by atoms with Crippen molar-refractivity contribution in [2.24, 2.45) is 0 Å². The third kappa shape index (κ3) is 5.08. The van der Waals surface area contributed by atoms with E-state index in [1.807, 2.05) is 32.9 Å². The summed E-state index contributed by atoms with van der Waals surface area (Å²) < 4.78 is 12.5. The summed E-state index contributed by atoms with van der Waals surface area (Å²) in [6, 6.07) is 10.3. The minimum atomic E-state index is -0.405. The number of ether oxygens (including phenoxy) is 1. The smallest absolute Gasteiger partial charge is 0.336 e. The summed E-state index contributed by atoms with van der Waals surface area (Å²) in [5.41, 5.74) is 3.28. The topological polar surface area (TPSA) is 112 Å². The number of benzene rings is 1. The molecule has 9 heteroatoms. The Morgan fingerprint density at radius 3 is 2.55 bits per heavy atom. The molecular weight excluding hydrogens is 422 g/mol. The maximum atomic E-state index is 12.6. The van der Waals surface area contributed by atoms with Crippen LogP contribution in [0.1, 0.15) is 36.0 Å². The minimum Gasteiger partial charge on any atom is -0.484 e. The van der Waals surface area contributed by atoms with Crippen molar-refractivity contribution in [2.45, 2.75) is 40.5 Å². The van der Waals surface area contributed by atoms with Crippen LogP contribution in [0.3, 0.4) is 0 Å². The van der Waals surface area contributed by atoms with Crippen LogP contribution in [0.4, 0.5) is 5.82 Å². The highest BCUT2D eigenvalue weighted by Crippen LogP contribution is 2.23. The van der Waals surface area contributed by atoms with Gasteiger partial charge in [-0.1, -0.05) is 13.3 Å². The Morgan fingerprint density at radius 1 is 1.06 bits per heavy atom. The van der Waals surface area contributed by atoms with Gasteiger partial charge in [-0.3, -0.25) is 4.79 Å². The van der Waals surface area contributed by atoms with Gasteiger partial charge in [-0.2, -0.15) is 9.78 Å². The van der Waals surface area contributed by atoms with Gasteiger partial charge in [0.05, 0.1) is 5.69 Å². The molecule has 0 aliphatic heterocycles. The maximum absolute atomic E-state index is 12.6. The third-order valence-electron chi connectivity index (χ3n) is 4.95. The monoisotopic (exact) mass is 447 g/mol. The first-order valence-corrected chi connectivity index (χ1v) is 10.7. The molecule has 170 valence electrons. The summed E-state index contributed by atoms with van der Waals surface area (Å²) in [4.78, 5) is 33.3. The van der Waals surface area contributed by atoms with Crippen LogP contribution in [0.5, 0.6) is 5.75 Å². The zero-order valence-electron chi connectivity index (χ0n) is 19.0. The van der Waals surface area contributed by atoms with Gasteiger partial charge in [0, 0.05) is 35.0 Å². The van der Waals surface area contributed by atoms with E-state index < -0.39 is 5.63 Å². The lowest BCUT2D eigenvalue weighted by molar-refractivity contribution is -0.118. The molecule has 1 aromatic carbocycles. The van der Waals surface area contributed by atoms with Gasteiger partial charge < -0.3 is 14.5 Å². The summed E-state index contributed by atoms with van der Waals surface area (Å²) in [6.07, 6.45) is 1.70. The predicted octanol–water partition coefficient (Wildman–Crippen LogP) is 3.66. The fraction of sp³-hybridized carbons (Fsp3) is 0.292. The molecule has 3 heterocycles. The van der Waals surface area contributed by atoms with Gasteiger partial charge in [0.1, 0.15) is 17.2 Å².